The quantitative estimate of drug-likeness (QED) is 0.127. The monoisotopic (exact) mass is 700 g/mol. The van der Waals surface area contributed by atoms with E-state index in [-0.39, 0.29) is 24.0 Å². The number of carbonyl (C=O) groups is 2. The van der Waals surface area contributed by atoms with Gasteiger partial charge in [0.1, 0.15) is 17.7 Å². The van der Waals surface area contributed by atoms with Gasteiger partial charge in [0.05, 0.1) is 35.9 Å². The lowest BCUT2D eigenvalue weighted by atomic mass is 10.1. The molecule has 6 aromatic rings. The molecule has 0 radical (unpaired) electrons. The molecule has 2 saturated heterocycles. The molecule has 0 unspecified atom stereocenters. The number of para-hydroxylation sites is 1. The Labute approximate surface area is 308 Å². The number of hydrogen-bond donors (Lipinski definition) is 4. The molecular weight excluding hydrogens is 661 g/mol. The van der Waals surface area contributed by atoms with Crippen LogP contribution in [0.5, 0.6) is 0 Å². The average molecular weight is 701 g/mol. The Kier molecular flexibility index (Phi) is 9.56. The molecule has 0 aliphatic carbocycles. The normalized spacial score (nSPS) is 17.3. The largest absolute Gasteiger partial charge is 0.340 e. The van der Waals surface area contributed by atoms with Crippen molar-refractivity contribution in [3.8, 4) is 34.4 Å². The van der Waals surface area contributed by atoms with Crippen molar-refractivity contribution in [2.24, 2.45) is 5.73 Å². The lowest BCUT2D eigenvalue weighted by Crippen LogP contribution is -2.38. The number of nitrogens with two attached hydrogens (primary N) is 1. The molecule has 4 heterocycles. The Bertz CT molecular complexity index is 2250. The number of benzene rings is 4. The minimum absolute atomic E-state index is 0.0811. The Morgan fingerprint density at radius 1 is 0.679 bits per heavy atom. The van der Waals surface area contributed by atoms with E-state index in [1.165, 1.54) is 0 Å². The summed E-state index contributed by atoms with van der Waals surface area (Å²) in [6.07, 6.45) is 7.19. The molecule has 3 amide bonds. The number of likely N-dealkylation sites (tertiary alicyclic amines) is 2. The minimum atomic E-state index is -0.696. The lowest BCUT2D eigenvalue weighted by molar-refractivity contribution is -0.133. The average Bonchev–Trinajstić information content (AvgIpc) is 4.05. The molecule has 10 nitrogen and oxygen atoms in total. The van der Waals surface area contributed by atoms with E-state index in [0.29, 0.717) is 13.1 Å². The second-order valence-corrected chi connectivity index (χ2v) is 13.5. The van der Waals surface area contributed by atoms with Crippen molar-refractivity contribution in [2.75, 3.05) is 18.4 Å². The Balaban J connectivity index is 0.887. The second kappa shape index (κ2) is 15.0. The first-order valence-corrected chi connectivity index (χ1v) is 18.1. The van der Waals surface area contributed by atoms with Crippen LogP contribution in [0.4, 0.5) is 10.5 Å². The summed E-state index contributed by atoms with van der Waals surface area (Å²) in [5, 5.41) is 3.00. The fraction of sp³-hybridized carbons (Fsp3) is 0.209. The SMILES string of the molecule is N[C@@H](C(=O)N1CCC[C@H]1c1ncc(-c2ccc(C#Cc3ccc(-c4cnc([C@@H]5CCCN5C(=O)Nc5ccccc5)[nH]4)cc3)cc2)[nH]1)c1ccccc1. The molecule has 0 bridgehead atoms. The summed E-state index contributed by atoms with van der Waals surface area (Å²) in [6, 6.07) is 34.1. The van der Waals surface area contributed by atoms with Gasteiger partial charge in [0.15, 0.2) is 0 Å². The molecular formula is C43H40N8O2. The van der Waals surface area contributed by atoms with Gasteiger partial charge in [0.2, 0.25) is 5.91 Å². The van der Waals surface area contributed by atoms with Crippen LogP contribution in [0.3, 0.4) is 0 Å². The first-order chi connectivity index (χ1) is 26.0. The van der Waals surface area contributed by atoms with Gasteiger partial charge in [-0.1, -0.05) is 84.6 Å². The highest BCUT2D eigenvalue weighted by Crippen LogP contribution is 2.34. The number of anilines is 1. The van der Waals surface area contributed by atoms with Crippen LogP contribution in [0.1, 0.15) is 72.1 Å². The van der Waals surface area contributed by atoms with Crippen molar-refractivity contribution >= 4 is 17.6 Å². The number of H-pyrrole nitrogens is 2. The van der Waals surface area contributed by atoms with Gasteiger partial charge in [0.25, 0.3) is 0 Å². The Hall–Kier alpha value is -6.44. The van der Waals surface area contributed by atoms with Gasteiger partial charge in [-0.25, -0.2) is 14.8 Å². The summed E-state index contributed by atoms with van der Waals surface area (Å²) < 4.78 is 0. The Morgan fingerprint density at radius 3 is 1.72 bits per heavy atom. The molecule has 2 aromatic heterocycles. The predicted octanol–water partition coefficient (Wildman–Crippen LogP) is 7.60. The van der Waals surface area contributed by atoms with E-state index in [9.17, 15) is 9.59 Å². The molecule has 0 spiro atoms. The number of nitrogens with one attached hydrogen (secondary N) is 3. The number of imidazole rings is 2. The third kappa shape index (κ3) is 7.34. The molecule has 4 aromatic carbocycles. The zero-order chi connectivity index (χ0) is 36.1. The first kappa shape index (κ1) is 33.7. The van der Waals surface area contributed by atoms with Crippen LogP contribution in [0.25, 0.3) is 22.5 Å². The van der Waals surface area contributed by atoms with E-state index < -0.39 is 6.04 Å². The van der Waals surface area contributed by atoms with E-state index in [1.807, 2.05) is 131 Å². The first-order valence-electron chi connectivity index (χ1n) is 18.1. The number of aromatic amines is 2. The standard InChI is InChI=1S/C43H40N8O2/c44-39(33-9-3-1-4-10-33)42(52)50-25-7-13-37(50)40-45-27-35(48-40)31-21-17-29(18-22-31)15-16-30-19-23-32(24-20-30)36-28-46-41(49-36)38-14-8-26-51(38)43(53)47-34-11-5-2-6-12-34/h1-6,9-12,17-24,27-28,37-39H,7-8,13-14,25-26,44H2,(H,45,48)(H,46,49)(H,47,53)/t37-,38-,39+/m0/s1. The van der Waals surface area contributed by atoms with Crippen molar-refractivity contribution in [2.45, 2.75) is 43.8 Å². The van der Waals surface area contributed by atoms with Gasteiger partial charge < -0.3 is 30.8 Å². The highest BCUT2D eigenvalue weighted by molar-refractivity contribution is 5.89. The molecule has 264 valence electrons. The second-order valence-electron chi connectivity index (χ2n) is 13.5. The van der Waals surface area contributed by atoms with E-state index in [4.69, 9.17) is 5.73 Å². The Morgan fingerprint density at radius 2 is 1.17 bits per heavy atom. The topological polar surface area (TPSA) is 136 Å². The summed E-state index contributed by atoms with van der Waals surface area (Å²) in [6.45, 7) is 1.35. The van der Waals surface area contributed by atoms with Crippen LogP contribution in [0, 0.1) is 11.8 Å². The van der Waals surface area contributed by atoms with Crippen LogP contribution in [0.15, 0.2) is 122 Å². The third-order valence-electron chi connectivity index (χ3n) is 10.1. The third-order valence-corrected chi connectivity index (χ3v) is 10.1. The molecule has 2 aliphatic rings. The van der Waals surface area contributed by atoms with Crippen LogP contribution in [0.2, 0.25) is 0 Å². The summed E-state index contributed by atoms with van der Waals surface area (Å²) in [4.78, 5) is 46.3. The van der Waals surface area contributed by atoms with Gasteiger partial charge in [-0.3, -0.25) is 4.79 Å². The fourth-order valence-corrected chi connectivity index (χ4v) is 7.22. The summed E-state index contributed by atoms with van der Waals surface area (Å²) >= 11 is 0. The number of aromatic nitrogens is 4. The number of hydrogen-bond acceptors (Lipinski definition) is 5. The molecule has 53 heavy (non-hydrogen) atoms. The van der Waals surface area contributed by atoms with Gasteiger partial charge in [-0.2, -0.15) is 0 Å². The van der Waals surface area contributed by atoms with Crippen LogP contribution >= 0.6 is 0 Å². The van der Waals surface area contributed by atoms with Gasteiger partial charge in [0, 0.05) is 29.9 Å². The van der Waals surface area contributed by atoms with Crippen LogP contribution in [-0.2, 0) is 4.79 Å². The van der Waals surface area contributed by atoms with Crippen molar-refractivity contribution in [1.82, 2.24) is 29.7 Å². The van der Waals surface area contributed by atoms with Crippen molar-refractivity contribution < 1.29 is 9.59 Å². The number of rotatable bonds is 7. The summed E-state index contributed by atoms with van der Waals surface area (Å²) in [7, 11) is 0. The number of carbonyl (C=O) groups excluding carboxylic acids is 2. The summed E-state index contributed by atoms with van der Waals surface area (Å²) in [5.74, 6) is 8.02. The number of amides is 3. The van der Waals surface area contributed by atoms with E-state index in [0.717, 1.165) is 82.2 Å². The van der Waals surface area contributed by atoms with Gasteiger partial charge in [-0.05, 0) is 78.8 Å². The van der Waals surface area contributed by atoms with E-state index >= 15 is 0 Å². The van der Waals surface area contributed by atoms with Gasteiger partial charge in [-0.15, -0.1) is 0 Å². The van der Waals surface area contributed by atoms with E-state index in [2.05, 4.69) is 37.1 Å². The zero-order valence-corrected chi connectivity index (χ0v) is 29.2. The maximum atomic E-state index is 13.3. The zero-order valence-electron chi connectivity index (χ0n) is 29.2. The molecule has 2 fully saturated rings. The highest BCUT2D eigenvalue weighted by atomic mass is 16.2. The van der Waals surface area contributed by atoms with Crippen LogP contribution in [-0.4, -0.2) is 54.8 Å². The minimum Gasteiger partial charge on any atom is -0.340 e. The van der Waals surface area contributed by atoms with Crippen molar-refractivity contribution in [3.05, 3.63) is 150 Å². The number of urea groups is 1. The molecule has 3 atom stereocenters. The van der Waals surface area contributed by atoms with Gasteiger partial charge >= 0.3 is 6.03 Å². The molecule has 10 heteroatoms. The van der Waals surface area contributed by atoms with Crippen molar-refractivity contribution in [1.29, 1.82) is 0 Å². The smallest absolute Gasteiger partial charge is 0.322 e. The van der Waals surface area contributed by atoms with Crippen LogP contribution < -0.4 is 11.1 Å². The predicted molar refractivity (Wildman–Crippen MR) is 205 cm³/mol. The molecule has 5 N–H and O–H groups in total. The fourth-order valence-electron chi connectivity index (χ4n) is 7.22. The van der Waals surface area contributed by atoms with Crippen molar-refractivity contribution in [3.63, 3.8) is 0 Å². The lowest BCUT2D eigenvalue weighted by Gasteiger charge is -2.26. The van der Waals surface area contributed by atoms with E-state index in [1.54, 1.807) is 0 Å². The molecule has 0 saturated carbocycles. The number of nitrogens with zero attached hydrogens (tertiary/aromatic N) is 4. The molecule has 2 aliphatic heterocycles. The molecule has 8 rings (SSSR count). The highest BCUT2D eigenvalue weighted by Gasteiger charge is 2.35. The maximum absolute atomic E-state index is 13.3. The summed E-state index contributed by atoms with van der Waals surface area (Å²) in [5.41, 5.74) is 13.5. The maximum Gasteiger partial charge on any atom is 0.322 e.